The molecule has 1 fully saturated rings. The van der Waals surface area contributed by atoms with Gasteiger partial charge in [0.25, 0.3) is 0 Å². The molecular weight excluding hydrogens is 655 g/mol. The predicted molar refractivity (Wildman–Crippen MR) is 178 cm³/mol. The van der Waals surface area contributed by atoms with Gasteiger partial charge in [0.1, 0.15) is 5.75 Å². The van der Waals surface area contributed by atoms with Crippen molar-refractivity contribution < 1.29 is 9.53 Å². The molecule has 14 heteroatoms. The summed E-state index contributed by atoms with van der Waals surface area (Å²) in [6.07, 6.45) is 7.28. The van der Waals surface area contributed by atoms with E-state index in [-0.39, 0.29) is 43.1 Å². The number of thiazole rings is 1. The van der Waals surface area contributed by atoms with Crippen LogP contribution in [0.25, 0.3) is 10.2 Å². The monoisotopic (exact) mass is 682 g/mol. The molecule has 0 bridgehead atoms. The van der Waals surface area contributed by atoms with Gasteiger partial charge in [-0.2, -0.15) is 0 Å². The van der Waals surface area contributed by atoms with Crippen molar-refractivity contribution in [3.8, 4) is 11.5 Å². The molecular formula is C28H29Cl3N6O2S3. The molecule has 0 radical (unpaired) electrons. The van der Waals surface area contributed by atoms with Crippen molar-refractivity contribution in [1.29, 1.82) is 0 Å². The molecule has 0 saturated carbocycles. The summed E-state index contributed by atoms with van der Waals surface area (Å²) in [4.78, 5) is 34.1. The lowest BCUT2D eigenvalue weighted by Gasteiger charge is -2.30. The van der Waals surface area contributed by atoms with E-state index in [2.05, 4.69) is 26.0 Å². The summed E-state index contributed by atoms with van der Waals surface area (Å²) in [5.41, 5.74) is 2.84. The van der Waals surface area contributed by atoms with Crippen LogP contribution in [0.15, 0.2) is 69.5 Å². The molecule has 0 unspecified atom stereocenters. The number of likely N-dealkylation sites (tertiary alicyclic amines) is 1. The average Bonchev–Trinajstić information content (AvgIpc) is 3.62. The minimum absolute atomic E-state index is 0. The van der Waals surface area contributed by atoms with Crippen LogP contribution in [-0.4, -0.2) is 43.8 Å². The number of pyridine rings is 3. The molecule has 42 heavy (non-hydrogen) atoms. The average molecular weight is 684 g/mol. The second-order valence-corrected chi connectivity index (χ2v) is 12.1. The van der Waals surface area contributed by atoms with E-state index in [0.717, 1.165) is 62.5 Å². The summed E-state index contributed by atoms with van der Waals surface area (Å²) in [7, 11) is 0. The number of anilines is 2. The molecule has 0 aromatic carbocycles. The van der Waals surface area contributed by atoms with Crippen LogP contribution in [-0.2, 0) is 4.79 Å². The Hall–Kier alpha value is -2.67. The zero-order chi connectivity index (χ0) is 26.8. The topological polar surface area (TPSA) is 93.1 Å². The van der Waals surface area contributed by atoms with E-state index in [1.165, 1.54) is 0 Å². The van der Waals surface area contributed by atoms with Crippen molar-refractivity contribution in [3.05, 3.63) is 71.1 Å². The number of carbonyl (C=O) groups excluding carboxylic acids is 1. The number of nitrogens with one attached hydrogen (secondary N) is 1. The highest BCUT2D eigenvalue weighted by Gasteiger charge is 2.24. The Morgan fingerprint density at radius 3 is 2.62 bits per heavy atom. The third-order valence-corrected chi connectivity index (χ3v) is 9.51. The molecule has 8 nitrogen and oxygen atoms in total. The third kappa shape index (κ3) is 7.64. The van der Waals surface area contributed by atoms with E-state index in [9.17, 15) is 4.79 Å². The van der Waals surface area contributed by atoms with E-state index in [4.69, 9.17) is 14.7 Å². The van der Waals surface area contributed by atoms with Gasteiger partial charge in [0, 0.05) is 65.8 Å². The number of amides is 1. The fraction of sp³-hybridized carbons (Fsp3) is 0.250. The number of aromatic nitrogens is 4. The van der Waals surface area contributed by atoms with Gasteiger partial charge in [0.15, 0.2) is 16.7 Å². The zero-order valence-electron chi connectivity index (χ0n) is 22.7. The van der Waals surface area contributed by atoms with Gasteiger partial charge in [-0.25, -0.2) is 9.97 Å². The Balaban J connectivity index is 0.00000161. The van der Waals surface area contributed by atoms with Crippen molar-refractivity contribution in [1.82, 2.24) is 24.8 Å². The Bertz CT molecular complexity index is 1640. The fourth-order valence-electron chi connectivity index (χ4n) is 4.53. The first-order chi connectivity index (χ1) is 19.0. The molecule has 222 valence electrons. The number of fused-ring (bicyclic) bond motifs is 1. The van der Waals surface area contributed by atoms with Crippen molar-refractivity contribution in [2.24, 2.45) is 0 Å². The number of hydrogen-bond donors (Lipinski definition) is 1. The molecule has 6 rings (SSSR count). The van der Waals surface area contributed by atoms with Gasteiger partial charge in [-0.3, -0.25) is 14.8 Å². The molecule has 1 aliphatic heterocycles. The SMILES string of the molecule is CC(=O)N1CCC(c2csc(Nc3ncc(Sc4ccnc5ccsc45)cc3Oc3cccnc3C)n2)CC1.Cl.Cl.Cl. The second-order valence-electron chi connectivity index (χ2n) is 9.24. The van der Waals surface area contributed by atoms with Crippen LogP contribution in [0.4, 0.5) is 10.9 Å². The first kappa shape index (κ1) is 33.8. The van der Waals surface area contributed by atoms with Crippen molar-refractivity contribution in [2.45, 2.75) is 42.4 Å². The molecule has 5 aromatic rings. The van der Waals surface area contributed by atoms with Gasteiger partial charge in [-0.05, 0) is 49.4 Å². The van der Waals surface area contributed by atoms with E-state index in [1.807, 2.05) is 54.5 Å². The van der Waals surface area contributed by atoms with Crippen molar-refractivity contribution in [2.75, 3.05) is 18.4 Å². The summed E-state index contributed by atoms with van der Waals surface area (Å²) in [6, 6.07) is 9.82. The van der Waals surface area contributed by atoms with Crippen molar-refractivity contribution in [3.63, 3.8) is 0 Å². The first-order valence-corrected chi connectivity index (χ1v) is 15.2. The standard InChI is InChI=1S/C28H26N6O2S3.3ClH/c1-17-23(4-3-9-29-17)36-24-14-20(39-25-5-10-30-21-8-13-37-26(21)25)15-31-27(24)33-28-32-22(16-38-28)19-6-11-34(12-7-19)18(2)35;;;/h3-5,8-10,13-16,19H,6-7,11-12H2,1-2H3,(H,31,32,33);3*1H. The molecule has 5 aromatic heterocycles. The molecule has 0 aliphatic carbocycles. The van der Waals surface area contributed by atoms with E-state index in [1.54, 1.807) is 47.6 Å². The largest absolute Gasteiger partial charge is 0.452 e. The zero-order valence-corrected chi connectivity index (χ0v) is 27.6. The minimum Gasteiger partial charge on any atom is -0.452 e. The maximum atomic E-state index is 11.7. The fourth-order valence-corrected chi connectivity index (χ4v) is 7.20. The number of hydrogen-bond acceptors (Lipinski definition) is 10. The predicted octanol–water partition coefficient (Wildman–Crippen LogP) is 8.53. The molecule has 1 N–H and O–H groups in total. The third-order valence-electron chi connectivity index (χ3n) is 6.65. The molecule has 0 spiro atoms. The van der Waals surface area contributed by atoms with Crippen LogP contribution in [0.5, 0.6) is 11.5 Å². The van der Waals surface area contributed by atoms with Gasteiger partial charge in [-0.1, -0.05) is 11.8 Å². The van der Waals surface area contributed by atoms with E-state index in [0.29, 0.717) is 23.2 Å². The first-order valence-electron chi connectivity index (χ1n) is 12.6. The van der Waals surface area contributed by atoms with Crippen LogP contribution in [0.2, 0.25) is 0 Å². The van der Waals surface area contributed by atoms with Gasteiger partial charge in [0.05, 0.1) is 21.6 Å². The van der Waals surface area contributed by atoms with Gasteiger partial charge >= 0.3 is 0 Å². The number of piperidine rings is 1. The van der Waals surface area contributed by atoms with Crippen LogP contribution in [0, 0.1) is 6.92 Å². The lowest BCUT2D eigenvalue weighted by molar-refractivity contribution is -0.129. The highest BCUT2D eigenvalue weighted by Crippen LogP contribution is 2.40. The Labute approximate surface area is 275 Å². The Kier molecular flexibility index (Phi) is 12.2. The van der Waals surface area contributed by atoms with Gasteiger partial charge in [-0.15, -0.1) is 59.9 Å². The Morgan fingerprint density at radius 1 is 1.05 bits per heavy atom. The maximum Gasteiger partial charge on any atom is 0.219 e. The molecule has 1 aliphatic rings. The van der Waals surface area contributed by atoms with Crippen LogP contribution < -0.4 is 10.1 Å². The Morgan fingerprint density at radius 2 is 1.86 bits per heavy atom. The van der Waals surface area contributed by atoms with Crippen LogP contribution in [0.1, 0.15) is 37.1 Å². The van der Waals surface area contributed by atoms with E-state index >= 15 is 0 Å². The maximum absolute atomic E-state index is 11.7. The van der Waals surface area contributed by atoms with Crippen LogP contribution in [0.3, 0.4) is 0 Å². The lowest BCUT2D eigenvalue weighted by Crippen LogP contribution is -2.36. The van der Waals surface area contributed by atoms with Gasteiger partial charge < -0.3 is 15.0 Å². The lowest BCUT2D eigenvalue weighted by atomic mass is 9.94. The highest BCUT2D eigenvalue weighted by molar-refractivity contribution is 7.99. The number of ether oxygens (including phenoxy) is 1. The number of halogens is 3. The quantitative estimate of drug-likeness (QED) is 0.183. The summed E-state index contributed by atoms with van der Waals surface area (Å²) < 4.78 is 7.50. The minimum atomic E-state index is 0. The smallest absolute Gasteiger partial charge is 0.219 e. The molecule has 1 saturated heterocycles. The van der Waals surface area contributed by atoms with Crippen molar-refractivity contribution >= 4 is 98.7 Å². The number of carbonyl (C=O) groups is 1. The van der Waals surface area contributed by atoms with Gasteiger partial charge in [0.2, 0.25) is 5.91 Å². The number of thiophene rings is 1. The molecule has 1 amide bonds. The second kappa shape index (κ2) is 15.2. The summed E-state index contributed by atoms with van der Waals surface area (Å²) in [5, 5.41) is 8.30. The summed E-state index contributed by atoms with van der Waals surface area (Å²) in [5.74, 6) is 2.35. The number of rotatable bonds is 7. The molecule has 0 atom stereocenters. The summed E-state index contributed by atoms with van der Waals surface area (Å²) >= 11 is 4.87. The van der Waals surface area contributed by atoms with Crippen LogP contribution >= 0.6 is 71.7 Å². The normalized spacial score (nSPS) is 13.0. The highest BCUT2D eigenvalue weighted by atomic mass is 35.5. The number of nitrogens with zero attached hydrogens (tertiary/aromatic N) is 5. The van der Waals surface area contributed by atoms with E-state index < -0.39 is 0 Å². The number of aryl methyl sites for hydroxylation is 1. The molecule has 6 heterocycles. The summed E-state index contributed by atoms with van der Waals surface area (Å²) in [6.45, 7) is 5.11.